The zero-order valence-electron chi connectivity index (χ0n) is 18.5. The monoisotopic (exact) mass is 462 g/mol. The predicted molar refractivity (Wildman–Crippen MR) is 132 cm³/mol. The lowest BCUT2D eigenvalue weighted by Crippen LogP contribution is -2.08. The van der Waals surface area contributed by atoms with Crippen LogP contribution in [0.3, 0.4) is 0 Å². The number of aromatic nitrogens is 4. The van der Waals surface area contributed by atoms with E-state index < -0.39 is 0 Å². The largest absolute Gasteiger partial charge is 0.485 e. The summed E-state index contributed by atoms with van der Waals surface area (Å²) in [6, 6.07) is 14.5. The third-order valence-electron chi connectivity index (χ3n) is 5.18. The molecule has 0 aliphatic rings. The summed E-state index contributed by atoms with van der Waals surface area (Å²) in [6.07, 6.45) is 1.85. The highest BCUT2D eigenvalue weighted by Gasteiger charge is 2.14. The molecule has 4 aromatic rings. The third kappa shape index (κ3) is 5.11. The molecular weight excluding hydrogens is 436 g/mol. The molecule has 4 rings (SSSR count). The van der Waals surface area contributed by atoms with E-state index in [2.05, 4.69) is 77.8 Å². The summed E-state index contributed by atoms with van der Waals surface area (Å²) < 4.78 is 8.10. The third-order valence-corrected chi connectivity index (χ3v) is 7.12. The molecule has 0 amide bonds. The van der Waals surface area contributed by atoms with Gasteiger partial charge in [-0.3, -0.25) is 4.57 Å². The second kappa shape index (κ2) is 10.1. The highest BCUT2D eigenvalue weighted by atomic mass is 32.2. The van der Waals surface area contributed by atoms with Gasteiger partial charge in [-0.2, -0.15) is 0 Å². The van der Waals surface area contributed by atoms with Gasteiger partial charge in [-0.1, -0.05) is 53.7 Å². The number of thiazole rings is 1. The molecule has 2 heterocycles. The first-order valence-corrected chi connectivity index (χ1v) is 12.3. The van der Waals surface area contributed by atoms with E-state index in [9.17, 15) is 0 Å². The van der Waals surface area contributed by atoms with Gasteiger partial charge in [0.05, 0.1) is 5.69 Å². The average Bonchev–Trinajstić information content (AvgIpc) is 3.41. The van der Waals surface area contributed by atoms with Crippen LogP contribution in [-0.4, -0.2) is 19.7 Å². The van der Waals surface area contributed by atoms with Crippen molar-refractivity contribution in [1.82, 2.24) is 19.7 Å². The molecule has 2 aromatic carbocycles. The lowest BCUT2D eigenvalue weighted by molar-refractivity contribution is 0.287. The normalized spacial score (nSPS) is 11.0. The van der Waals surface area contributed by atoms with Crippen molar-refractivity contribution in [3.63, 3.8) is 0 Å². The smallest absolute Gasteiger partial charge is 0.191 e. The van der Waals surface area contributed by atoms with E-state index in [4.69, 9.17) is 9.72 Å². The lowest BCUT2D eigenvalue weighted by atomic mass is 10.1. The van der Waals surface area contributed by atoms with Crippen molar-refractivity contribution in [2.24, 2.45) is 0 Å². The van der Waals surface area contributed by atoms with Crippen LogP contribution in [0.4, 0.5) is 0 Å². The summed E-state index contributed by atoms with van der Waals surface area (Å²) in [5.74, 6) is 2.39. The quantitative estimate of drug-likeness (QED) is 0.213. The van der Waals surface area contributed by atoms with E-state index in [-0.39, 0.29) is 0 Å². The molecule has 0 unspecified atom stereocenters. The van der Waals surface area contributed by atoms with Crippen molar-refractivity contribution in [2.75, 3.05) is 0 Å². The maximum absolute atomic E-state index is 6.05. The van der Waals surface area contributed by atoms with E-state index in [0.717, 1.165) is 44.3 Å². The number of hydrogen-bond acceptors (Lipinski definition) is 6. The van der Waals surface area contributed by atoms with Gasteiger partial charge in [0.25, 0.3) is 0 Å². The van der Waals surface area contributed by atoms with E-state index in [1.54, 1.807) is 23.1 Å². The van der Waals surface area contributed by atoms with E-state index in [1.807, 2.05) is 18.2 Å². The first-order chi connectivity index (χ1) is 15.5. The molecule has 5 nitrogen and oxygen atoms in total. The molecule has 0 radical (unpaired) electrons. The molecule has 0 fully saturated rings. The fraction of sp³-hybridized carbons (Fsp3) is 0.240. The van der Waals surface area contributed by atoms with Crippen LogP contribution in [0.2, 0.25) is 0 Å². The van der Waals surface area contributed by atoms with E-state index in [0.29, 0.717) is 13.2 Å². The van der Waals surface area contributed by atoms with Crippen LogP contribution in [0, 0.1) is 20.8 Å². The highest BCUT2D eigenvalue weighted by Crippen LogP contribution is 2.28. The Bertz CT molecular complexity index is 1230. The van der Waals surface area contributed by atoms with Gasteiger partial charge >= 0.3 is 0 Å². The first-order valence-electron chi connectivity index (χ1n) is 10.4. The minimum absolute atomic E-state index is 0.361. The predicted octanol–water partition coefficient (Wildman–Crippen LogP) is 6.38. The van der Waals surface area contributed by atoms with Gasteiger partial charge in [-0.25, -0.2) is 4.98 Å². The second-order valence-electron chi connectivity index (χ2n) is 7.59. The standard InChI is InChI=1S/C25H26N4OS2/c1-5-12-29-23(14-30-22-11-7-9-18(3)19(22)4)27-28-25(29)32-16-21-15-31-24(26-21)20-10-6-8-17(2)13-20/h5-11,13,15H,1,12,14,16H2,2-4H3. The summed E-state index contributed by atoms with van der Waals surface area (Å²) in [6.45, 7) is 11.1. The summed E-state index contributed by atoms with van der Waals surface area (Å²) >= 11 is 3.30. The summed E-state index contributed by atoms with van der Waals surface area (Å²) in [4.78, 5) is 4.81. The van der Waals surface area contributed by atoms with Crippen LogP contribution in [0.1, 0.15) is 28.2 Å². The number of ether oxygens (including phenoxy) is 1. The number of benzene rings is 2. The Balaban J connectivity index is 1.44. The summed E-state index contributed by atoms with van der Waals surface area (Å²) in [5.41, 5.74) is 5.79. The first kappa shape index (κ1) is 22.3. The van der Waals surface area contributed by atoms with Crippen LogP contribution in [-0.2, 0) is 18.9 Å². The Morgan fingerprint density at radius 3 is 2.78 bits per heavy atom. The number of nitrogens with zero attached hydrogens (tertiary/aromatic N) is 4. The van der Waals surface area contributed by atoms with Crippen LogP contribution in [0.25, 0.3) is 10.6 Å². The summed E-state index contributed by atoms with van der Waals surface area (Å²) in [7, 11) is 0. The van der Waals surface area contributed by atoms with E-state index in [1.165, 1.54) is 11.1 Å². The van der Waals surface area contributed by atoms with Gasteiger partial charge in [0.2, 0.25) is 0 Å². The van der Waals surface area contributed by atoms with Crippen LogP contribution < -0.4 is 4.74 Å². The Hall–Kier alpha value is -2.90. The van der Waals surface area contributed by atoms with Gasteiger partial charge in [-0.15, -0.1) is 28.1 Å². The Kier molecular flexibility index (Phi) is 7.07. The van der Waals surface area contributed by atoms with Gasteiger partial charge < -0.3 is 4.74 Å². The zero-order chi connectivity index (χ0) is 22.5. The topological polar surface area (TPSA) is 52.8 Å². The van der Waals surface area contributed by atoms with Crippen LogP contribution in [0.5, 0.6) is 5.75 Å². The number of thioether (sulfide) groups is 1. The van der Waals surface area contributed by atoms with Crippen molar-refractivity contribution < 1.29 is 4.74 Å². The second-order valence-corrected chi connectivity index (χ2v) is 9.39. The minimum Gasteiger partial charge on any atom is -0.485 e. The number of hydrogen-bond donors (Lipinski definition) is 0. The molecule has 2 aromatic heterocycles. The maximum Gasteiger partial charge on any atom is 0.191 e. The Morgan fingerprint density at radius 1 is 1.12 bits per heavy atom. The molecule has 0 atom stereocenters. The van der Waals surface area contributed by atoms with Gasteiger partial charge in [0.1, 0.15) is 17.4 Å². The van der Waals surface area contributed by atoms with Crippen molar-refractivity contribution in [3.8, 4) is 16.3 Å². The van der Waals surface area contributed by atoms with Crippen molar-refractivity contribution in [1.29, 1.82) is 0 Å². The van der Waals surface area contributed by atoms with Crippen LogP contribution >= 0.6 is 23.1 Å². The molecule has 0 aliphatic carbocycles. The number of allylic oxidation sites excluding steroid dienone is 1. The van der Waals surface area contributed by atoms with Crippen molar-refractivity contribution in [2.45, 2.75) is 44.8 Å². The highest BCUT2D eigenvalue weighted by molar-refractivity contribution is 7.98. The summed E-state index contributed by atoms with van der Waals surface area (Å²) in [5, 5.41) is 12.8. The lowest BCUT2D eigenvalue weighted by Gasteiger charge is -2.11. The SMILES string of the molecule is C=CCn1c(COc2cccc(C)c2C)nnc1SCc1csc(-c2cccc(C)c2)n1. The van der Waals surface area contributed by atoms with Crippen molar-refractivity contribution >= 4 is 23.1 Å². The molecule has 0 N–H and O–H groups in total. The molecule has 0 saturated heterocycles. The van der Waals surface area contributed by atoms with Gasteiger partial charge in [0, 0.05) is 23.2 Å². The molecule has 32 heavy (non-hydrogen) atoms. The fourth-order valence-electron chi connectivity index (χ4n) is 3.29. The molecular formula is C25H26N4OS2. The van der Waals surface area contributed by atoms with Crippen LogP contribution in [0.15, 0.2) is 65.7 Å². The number of aryl methyl sites for hydroxylation is 2. The fourth-order valence-corrected chi connectivity index (χ4v) is 5.07. The van der Waals surface area contributed by atoms with Gasteiger partial charge in [0.15, 0.2) is 11.0 Å². The molecule has 0 bridgehead atoms. The molecule has 0 aliphatic heterocycles. The molecule has 164 valence electrons. The van der Waals surface area contributed by atoms with Gasteiger partial charge in [-0.05, 0) is 44.0 Å². The Morgan fingerprint density at radius 2 is 1.97 bits per heavy atom. The zero-order valence-corrected chi connectivity index (χ0v) is 20.2. The maximum atomic E-state index is 6.05. The molecule has 7 heteroatoms. The van der Waals surface area contributed by atoms with E-state index >= 15 is 0 Å². The molecule has 0 spiro atoms. The Labute approximate surface area is 197 Å². The van der Waals surface area contributed by atoms with Crippen molar-refractivity contribution in [3.05, 3.63) is 88.7 Å². The number of rotatable bonds is 9. The minimum atomic E-state index is 0.361. The molecule has 0 saturated carbocycles. The average molecular weight is 463 g/mol.